The molecule has 2 heteroatoms. The maximum absolute atomic E-state index is 5.97. The van der Waals surface area contributed by atoms with Crippen LogP contribution in [0.2, 0.25) is 0 Å². The van der Waals surface area contributed by atoms with Crippen LogP contribution in [0, 0.1) is 11.3 Å². The molecule has 14 heavy (non-hydrogen) atoms. The summed E-state index contributed by atoms with van der Waals surface area (Å²) in [5.41, 5.74) is 1.77. The highest BCUT2D eigenvalue weighted by Gasteiger charge is 2.57. The number of rotatable bonds is 2. The molecule has 0 nitrogen and oxygen atoms in total. The van der Waals surface area contributed by atoms with Crippen molar-refractivity contribution in [1.82, 2.24) is 0 Å². The van der Waals surface area contributed by atoms with Crippen LogP contribution in [0.25, 0.3) is 0 Å². The van der Waals surface area contributed by atoms with Crippen LogP contribution in [0.3, 0.4) is 0 Å². The van der Waals surface area contributed by atoms with Crippen molar-refractivity contribution in [3.8, 4) is 0 Å². The molecule has 1 aliphatic carbocycles. The SMILES string of the molecule is CC1(C)C(CCl)C1c1ccccc1Br. The molecule has 1 saturated carbocycles. The lowest BCUT2D eigenvalue weighted by Gasteiger charge is -2.05. The van der Waals surface area contributed by atoms with Gasteiger partial charge in [0, 0.05) is 10.4 Å². The number of benzene rings is 1. The van der Waals surface area contributed by atoms with E-state index in [2.05, 4.69) is 54.0 Å². The van der Waals surface area contributed by atoms with E-state index in [1.807, 2.05) is 0 Å². The van der Waals surface area contributed by atoms with Crippen molar-refractivity contribution in [3.05, 3.63) is 34.3 Å². The van der Waals surface area contributed by atoms with E-state index in [4.69, 9.17) is 11.6 Å². The number of alkyl halides is 1. The molecule has 0 aliphatic heterocycles. The van der Waals surface area contributed by atoms with E-state index >= 15 is 0 Å². The van der Waals surface area contributed by atoms with Crippen LogP contribution in [-0.2, 0) is 0 Å². The Labute approximate surface area is 98.8 Å². The van der Waals surface area contributed by atoms with Crippen molar-refractivity contribution >= 4 is 27.5 Å². The van der Waals surface area contributed by atoms with Gasteiger partial charge in [-0.25, -0.2) is 0 Å². The molecular weight excluding hydrogens is 259 g/mol. The van der Waals surface area contributed by atoms with Gasteiger partial charge in [-0.3, -0.25) is 0 Å². The van der Waals surface area contributed by atoms with Crippen LogP contribution < -0.4 is 0 Å². The van der Waals surface area contributed by atoms with Crippen molar-refractivity contribution in [2.45, 2.75) is 19.8 Å². The van der Waals surface area contributed by atoms with Gasteiger partial charge in [0.1, 0.15) is 0 Å². The molecule has 0 amide bonds. The summed E-state index contributed by atoms with van der Waals surface area (Å²) in [5.74, 6) is 2.01. The first-order valence-corrected chi connectivity index (χ1v) is 6.22. The van der Waals surface area contributed by atoms with Gasteiger partial charge in [-0.1, -0.05) is 48.0 Å². The Kier molecular flexibility index (Phi) is 2.65. The molecule has 1 aromatic carbocycles. The Morgan fingerprint density at radius 3 is 2.50 bits per heavy atom. The van der Waals surface area contributed by atoms with Crippen LogP contribution >= 0.6 is 27.5 Å². The van der Waals surface area contributed by atoms with E-state index in [-0.39, 0.29) is 0 Å². The Bertz CT molecular complexity index is 346. The molecule has 1 aliphatic rings. The first-order chi connectivity index (χ1) is 6.59. The van der Waals surface area contributed by atoms with Gasteiger partial charge in [-0.05, 0) is 28.9 Å². The quantitative estimate of drug-likeness (QED) is 0.700. The highest BCUT2D eigenvalue weighted by Crippen LogP contribution is 2.65. The van der Waals surface area contributed by atoms with Gasteiger partial charge >= 0.3 is 0 Å². The predicted octanol–water partition coefficient (Wildman–Crippen LogP) is 4.43. The first kappa shape index (κ1) is 10.5. The molecule has 0 N–H and O–H groups in total. The molecule has 0 spiro atoms. The van der Waals surface area contributed by atoms with E-state index < -0.39 is 0 Å². The molecule has 0 heterocycles. The van der Waals surface area contributed by atoms with Gasteiger partial charge in [0.05, 0.1) is 0 Å². The highest BCUT2D eigenvalue weighted by atomic mass is 79.9. The highest BCUT2D eigenvalue weighted by molar-refractivity contribution is 9.10. The molecule has 2 unspecified atom stereocenters. The van der Waals surface area contributed by atoms with E-state index in [9.17, 15) is 0 Å². The van der Waals surface area contributed by atoms with Gasteiger partial charge in [-0.2, -0.15) is 0 Å². The zero-order chi connectivity index (χ0) is 10.3. The summed E-state index contributed by atoms with van der Waals surface area (Å²) in [4.78, 5) is 0. The standard InChI is InChI=1S/C12H14BrCl/c1-12(2)9(7-14)11(12)8-5-3-4-6-10(8)13/h3-6,9,11H,7H2,1-2H3. The van der Waals surface area contributed by atoms with E-state index in [1.165, 1.54) is 10.0 Å². The summed E-state index contributed by atoms with van der Waals surface area (Å²) in [7, 11) is 0. The molecule has 1 fully saturated rings. The fourth-order valence-electron chi connectivity index (χ4n) is 2.38. The second kappa shape index (κ2) is 3.53. The Morgan fingerprint density at radius 2 is 2.00 bits per heavy atom. The van der Waals surface area contributed by atoms with Gasteiger partial charge in [-0.15, -0.1) is 11.6 Å². The first-order valence-electron chi connectivity index (χ1n) is 4.89. The summed E-state index contributed by atoms with van der Waals surface area (Å²) in [5, 5.41) is 0. The van der Waals surface area contributed by atoms with E-state index in [0.717, 1.165) is 5.88 Å². The molecule has 2 atom stereocenters. The summed E-state index contributed by atoms with van der Waals surface area (Å²) < 4.78 is 1.21. The molecule has 0 radical (unpaired) electrons. The maximum atomic E-state index is 5.97. The lowest BCUT2D eigenvalue weighted by atomic mass is 10.0. The zero-order valence-electron chi connectivity index (χ0n) is 8.43. The molecule has 0 aromatic heterocycles. The smallest absolute Gasteiger partial charge is 0.0263 e. The summed E-state index contributed by atoms with van der Waals surface area (Å²) in [6.07, 6.45) is 0. The topological polar surface area (TPSA) is 0 Å². The van der Waals surface area contributed by atoms with E-state index in [0.29, 0.717) is 17.3 Å². The molecule has 2 rings (SSSR count). The van der Waals surface area contributed by atoms with Crippen molar-refractivity contribution in [3.63, 3.8) is 0 Å². The molecule has 1 aromatic rings. The van der Waals surface area contributed by atoms with Crippen LogP contribution in [0.1, 0.15) is 25.3 Å². The lowest BCUT2D eigenvalue weighted by Crippen LogP contribution is -1.91. The molecule has 76 valence electrons. The van der Waals surface area contributed by atoms with Crippen LogP contribution in [0.4, 0.5) is 0 Å². The van der Waals surface area contributed by atoms with Crippen LogP contribution in [0.15, 0.2) is 28.7 Å². The van der Waals surface area contributed by atoms with Gasteiger partial charge in [0.25, 0.3) is 0 Å². The third kappa shape index (κ3) is 1.51. The molecule has 0 bridgehead atoms. The summed E-state index contributed by atoms with van der Waals surface area (Å²) >= 11 is 9.57. The maximum Gasteiger partial charge on any atom is 0.0263 e. The molecule has 0 saturated heterocycles. The van der Waals surface area contributed by atoms with Gasteiger partial charge in [0.15, 0.2) is 0 Å². The second-order valence-electron chi connectivity index (χ2n) is 4.58. The van der Waals surface area contributed by atoms with Crippen molar-refractivity contribution in [1.29, 1.82) is 0 Å². The minimum absolute atomic E-state index is 0.367. The Hall–Kier alpha value is -0.0100. The van der Waals surface area contributed by atoms with E-state index in [1.54, 1.807) is 0 Å². The average molecular weight is 274 g/mol. The average Bonchev–Trinajstić information content (AvgIpc) is 2.69. The zero-order valence-corrected chi connectivity index (χ0v) is 10.8. The second-order valence-corrected chi connectivity index (χ2v) is 5.74. The largest absolute Gasteiger partial charge is 0.126 e. The van der Waals surface area contributed by atoms with Crippen molar-refractivity contribution < 1.29 is 0 Å². The monoisotopic (exact) mass is 272 g/mol. The van der Waals surface area contributed by atoms with Crippen molar-refractivity contribution in [2.24, 2.45) is 11.3 Å². The number of halogens is 2. The minimum Gasteiger partial charge on any atom is -0.126 e. The lowest BCUT2D eigenvalue weighted by molar-refractivity contribution is 0.577. The summed E-state index contributed by atoms with van der Waals surface area (Å²) in [6, 6.07) is 8.45. The third-order valence-corrected chi connectivity index (χ3v) is 4.51. The predicted molar refractivity (Wildman–Crippen MR) is 64.9 cm³/mol. The number of hydrogen-bond acceptors (Lipinski definition) is 0. The minimum atomic E-state index is 0.367. The van der Waals surface area contributed by atoms with Gasteiger partial charge in [0.2, 0.25) is 0 Å². The van der Waals surface area contributed by atoms with Crippen LogP contribution in [-0.4, -0.2) is 5.88 Å². The summed E-state index contributed by atoms with van der Waals surface area (Å²) in [6.45, 7) is 4.59. The Balaban J connectivity index is 2.31. The third-order valence-electron chi connectivity index (χ3n) is 3.46. The van der Waals surface area contributed by atoms with Crippen LogP contribution in [0.5, 0.6) is 0 Å². The van der Waals surface area contributed by atoms with Gasteiger partial charge < -0.3 is 0 Å². The Morgan fingerprint density at radius 1 is 1.36 bits per heavy atom. The molecular formula is C12H14BrCl. The number of hydrogen-bond donors (Lipinski definition) is 0. The fraction of sp³-hybridized carbons (Fsp3) is 0.500. The normalized spacial score (nSPS) is 28.9. The fourth-order valence-corrected chi connectivity index (χ4v) is 3.48. The van der Waals surface area contributed by atoms with Crippen molar-refractivity contribution in [2.75, 3.05) is 5.88 Å².